The monoisotopic (exact) mass is 308 g/mol. The molecule has 1 rings (SSSR count). The Morgan fingerprint density at radius 2 is 1.57 bits per heavy atom. The molecule has 21 heavy (non-hydrogen) atoms. The van der Waals surface area contributed by atoms with Crippen molar-refractivity contribution in [1.82, 2.24) is 15.0 Å². The van der Waals surface area contributed by atoms with Gasteiger partial charge >= 0.3 is 18.2 Å². The standard InChI is InChI=1S/C12H19F3N4O2/c1-3-6-16-9-17-10(20-7-4-2)19-11(18-9)21-8-5-12(13,14)15/h3-8H2,1-2H3,(H,16,17,18,19). The van der Waals surface area contributed by atoms with Gasteiger partial charge in [0, 0.05) is 6.54 Å². The summed E-state index contributed by atoms with van der Waals surface area (Å²) in [6, 6.07) is -0.147. The van der Waals surface area contributed by atoms with Crippen LogP contribution in [0.3, 0.4) is 0 Å². The van der Waals surface area contributed by atoms with Crippen molar-refractivity contribution in [3.8, 4) is 12.0 Å². The topological polar surface area (TPSA) is 69.2 Å². The van der Waals surface area contributed by atoms with E-state index in [0.717, 1.165) is 12.8 Å². The summed E-state index contributed by atoms with van der Waals surface area (Å²) in [7, 11) is 0. The van der Waals surface area contributed by atoms with Crippen molar-refractivity contribution >= 4 is 5.95 Å². The van der Waals surface area contributed by atoms with Gasteiger partial charge < -0.3 is 14.8 Å². The van der Waals surface area contributed by atoms with E-state index in [9.17, 15) is 13.2 Å². The fourth-order valence-electron chi connectivity index (χ4n) is 1.23. The lowest BCUT2D eigenvalue weighted by molar-refractivity contribution is -0.139. The number of rotatable bonds is 9. The van der Waals surface area contributed by atoms with Gasteiger partial charge in [-0.2, -0.15) is 23.1 Å². The first-order valence-corrected chi connectivity index (χ1v) is 6.77. The summed E-state index contributed by atoms with van der Waals surface area (Å²) in [4.78, 5) is 11.7. The molecule has 0 aromatic carbocycles. The maximum Gasteiger partial charge on any atom is 0.392 e. The largest absolute Gasteiger partial charge is 0.463 e. The van der Waals surface area contributed by atoms with Crippen LogP contribution in [0.1, 0.15) is 33.1 Å². The van der Waals surface area contributed by atoms with Gasteiger partial charge in [0.15, 0.2) is 0 Å². The van der Waals surface area contributed by atoms with E-state index < -0.39 is 19.2 Å². The summed E-state index contributed by atoms with van der Waals surface area (Å²) < 4.78 is 46.4. The molecule has 0 spiro atoms. The first-order chi connectivity index (χ1) is 9.94. The molecule has 1 heterocycles. The van der Waals surface area contributed by atoms with Gasteiger partial charge in [-0.25, -0.2) is 0 Å². The number of hydrogen-bond donors (Lipinski definition) is 1. The number of aromatic nitrogens is 3. The number of ether oxygens (including phenoxy) is 2. The van der Waals surface area contributed by atoms with Crippen molar-refractivity contribution < 1.29 is 22.6 Å². The van der Waals surface area contributed by atoms with Crippen molar-refractivity contribution in [1.29, 1.82) is 0 Å². The third kappa shape index (κ3) is 7.52. The highest BCUT2D eigenvalue weighted by Crippen LogP contribution is 2.20. The molecular formula is C12H19F3N4O2. The van der Waals surface area contributed by atoms with E-state index >= 15 is 0 Å². The Labute approximate surface area is 121 Å². The van der Waals surface area contributed by atoms with Gasteiger partial charge in [0.25, 0.3) is 0 Å². The lowest BCUT2D eigenvalue weighted by atomic mass is 10.4. The lowest BCUT2D eigenvalue weighted by Gasteiger charge is -2.10. The Balaban J connectivity index is 2.70. The fourth-order valence-corrected chi connectivity index (χ4v) is 1.23. The number of halogens is 3. The second kappa shape index (κ2) is 8.48. The molecule has 0 saturated heterocycles. The lowest BCUT2D eigenvalue weighted by Crippen LogP contribution is -2.15. The van der Waals surface area contributed by atoms with E-state index in [1.165, 1.54) is 0 Å². The molecule has 0 amide bonds. The Morgan fingerprint density at radius 1 is 0.952 bits per heavy atom. The van der Waals surface area contributed by atoms with Crippen LogP contribution in [0.2, 0.25) is 0 Å². The number of anilines is 1. The smallest absolute Gasteiger partial charge is 0.392 e. The predicted molar refractivity (Wildman–Crippen MR) is 70.6 cm³/mol. The number of nitrogens with zero attached hydrogens (tertiary/aromatic N) is 3. The number of alkyl halides is 3. The number of hydrogen-bond acceptors (Lipinski definition) is 6. The Bertz CT molecular complexity index is 403. The van der Waals surface area contributed by atoms with E-state index in [4.69, 9.17) is 9.47 Å². The van der Waals surface area contributed by atoms with Crippen LogP contribution in [-0.2, 0) is 0 Å². The second-order valence-electron chi connectivity index (χ2n) is 4.21. The predicted octanol–water partition coefficient (Wildman–Crippen LogP) is 2.81. The van der Waals surface area contributed by atoms with Crippen LogP contribution in [-0.4, -0.2) is 40.9 Å². The highest BCUT2D eigenvalue weighted by Gasteiger charge is 2.27. The minimum atomic E-state index is -4.28. The summed E-state index contributed by atoms with van der Waals surface area (Å²) >= 11 is 0. The van der Waals surface area contributed by atoms with Gasteiger partial charge in [0.2, 0.25) is 5.95 Å². The first-order valence-electron chi connectivity index (χ1n) is 6.77. The summed E-state index contributed by atoms with van der Waals surface area (Å²) in [5.74, 6) is 0.222. The summed E-state index contributed by atoms with van der Waals surface area (Å²) in [6.45, 7) is 4.36. The van der Waals surface area contributed by atoms with Gasteiger partial charge in [0.05, 0.1) is 13.0 Å². The maximum absolute atomic E-state index is 12.1. The van der Waals surface area contributed by atoms with E-state index in [1.54, 1.807) is 0 Å². The van der Waals surface area contributed by atoms with Gasteiger partial charge in [-0.3, -0.25) is 0 Å². The minimum Gasteiger partial charge on any atom is -0.463 e. The highest BCUT2D eigenvalue weighted by atomic mass is 19.4. The van der Waals surface area contributed by atoms with Crippen LogP contribution < -0.4 is 14.8 Å². The zero-order valence-electron chi connectivity index (χ0n) is 12.0. The molecule has 1 aromatic rings. The summed E-state index contributed by atoms with van der Waals surface area (Å²) in [5.41, 5.74) is 0. The Morgan fingerprint density at radius 3 is 2.10 bits per heavy atom. The molecule has 0 bridgehead atoms. The molecule has 120 valence electrons. The van der Waals surface area contributed by atoms with E-state index in [1.807, 2.05) is 13.8 Å². The van der Waals surface area contributed by atoms with Crippen LogP contribution in [0, 0.1) is 0 Å². The number of nitrogens with one attached hydrogen (secondary N) is 1. The molecule has 0 unspecified atom stereocenters. The van der Waals surface area contributed by atoms with Crippen molar-refractivity contribution in [3.63, 3.8) is 0 Å². The quantitative estimate of drug-likeness (QED) is 0.756. The molecule has 0 radical (unpaired) electrons. The van der Waals surface area contributed by atoms with Crippen LogP contribution in [0.15, 0.2) is 0 Å². The molecule has 9 heteroatoms. The second-order valence-corrected chi connectivity index (χ2v) is 4.21. The van der Waals surface area contributed by atoms with Crippen LogP contribution in [0.5, 0.6) is 12.0 Å². The van der Waals surface area contributed by atoms with Crippen molar-refractivity contribution in [2.75, 3.05) is 25.1 Å². The molecule has 0 fully saturated rings. The van der Waals surface area contributed by atoms with Gasteiger partial charge in [-0.15, -0.1) is 4.98 Å². The molecule has 0 aliphatic rings. The van der Waals surface area contributed by atoms with E-state index in [2.05, 4.69) is 20.3 Å². The van der Waals surface area contributed by atoms with Crippen molar-refractivity contribution in [2.45, 2.75) is 39.3 Å². The van der Waals surface area contributed by atoms with E-state index in [-0.39, 0.29) is 18.0 Å². The average molecular weight is 308 g/mol. The zero-order valence-corrected chi connectivity index (χ0v) is 12.0. The third-order valence-electron chi connectivity index (χ3n) is 2.18. The van der Waals surface area contributed by atoms with Gasteiger partial charge in [-0.1, -0.05) is 13.8 Å². The first kappa shape index (κ1) is 17.3. The SMILES string of the molecule is CCCNc1nc(OCCC)nc(OCCC(F)(F)F)n1. The average Bonchev–Trinajstić information content (AvgIpc) is 2.41. The molecular weight excluding hydrogens is 289 g/mol. The summed E-state index contributed by atoms with van der Waals surface area (Å²) in [5, 5.41) is 2.91. The maximum atomic E-state index is 12.1. The Hall–Kier alpha value is -1.80. The fraction of sp³-hybridized carbons (Fsp3) is 0.750. The molecule has 0 atom stereocenters. The molecule has 0 saturated carbocycles. The Kier molecular flexibility index (Phi) is 6.97. The summed E-state index contributed by atoms with van der Waals surface area (Å²) in [6.07, 6.45) is -3.74. The van der Waals surface area contributed by atoms with Crippen LogP contribution in [0.25, 0.3) is 0 Å². The molecule has 6 nitrogen and oxygen atoms in total. The minimum absolute atomic E-state index is 0.0347. The van der Waals surface area contributed by atoms with Gasteiger partial charge in [-0.05, 0) is 12.8 Å². The van der Waals surface area contributed by atoms with Crippen LogP contribution in [0.4, 0.5) is 19.1 Å². The highest BCUT2D eigenvalue weighted by molar-refractivity contribution is 5.27. The van der Waals surface area contributed by atoms with Crippen LogP contribution >= 0.6 is 0 Å². The van der Waals surface area contributed by atoms with E-state index in [0.29, 0.717) is 13.2 Å². The van der Waals surface area contributed by atoms with Crippen molar-refractivity contribution in [2.24, 2.45) is 0 Å². The van der Waals surface area contributed by atoms with Gasteiger partial charge in [0.1, 0.15) is 6.61 Å². The normalized spacial score (nSPS) is 11.3. The molecule has 0 aliphatic carbocycles. The molecule has 1 N–H and O–H groups in total. The molecule has 0 aliphatic heterocycles. The van der Waals surface area contributed by atoms with Crippen molar-refractivity contribution in [3.05, 3.63) is 0 Å². The molecule has 1 aromatic heterocycles. The third-order valence-corrected chi connectivity index (χ3v) is 2.18. The zero-order chi connectivity index (χ0) is 15.7.